The molecule has 0 aliphatic carbocycles. The highest BCUT2D eigenvalue weighted by molar-refractivity contribution is 5.67. The molecule has 1 aliphatic rings. The summed E-state index contributed by atoms with van der Waals surface area (Å²) in [5.41, 5.74) is 7.41. The molecule has 1 amide bonds. The number of hydrogen-bond donors (Lipinski definition) is 3. The van der Waals surface area contributed by atoms with Crippen LogP contribution in [0.15, 0.2) is 18.5 Å². The zero-order valence-corrected chi connectivity index (χ0v) is 9.47. The quantitative estimate of drug-likeness (QED) is 0.709. The molecule has 1 aromatic rings. The van der Waals surface area contributed by atoms with Crippen LogP contribution in [0, 0.1) is 0 Å². The number of nitrogens with one attached hydrogen (secondary N) is 1. The van der Waals surface area contributed by atoms with E-state index in [4.69, 9.17) is 10.8 Å². The molecule has 0 saturated carbocycles. The molecule has 0 unspecified atom stereocenters. The normalized spacial score (nSPS) is 20.0. The zero-order valence-electron chi connectivity index (χ0n) is 9.47. The van der Waals surface area contributed by atoms with E-state index in [0.717, 1.165) is 25.1 Å². The molecule has 0 bridgehead atoms. The molecule has 1 saturated heterocycles. The van der Waals surface area contributed by atoms with Crippen molar-refractivity contribution in [3.63, 3.8) is 0 Å². The number of anilines is 2. The van der Waals surface area contributed by atoms with Crippen LogP contribution in [0.5, 0.6) is 0 Å². The number of nitrogens with zero attached hydrogens (tertiary/aromatic N) is 2. The molecule has 0 aromatic carbocycles. The van der Waals surface area contributed by atoms with Gasteiger partial charge in [-0.3, -0.25) is 4.98 Å². The van der Waals surface area contributed by atoms with Gasteiger partial charge in [-0.1, -0.05) is 0 Å². The molecule has 0 spiro atoms. The number of amides is 1. The van der Waals surface area contributed by atoms with Gasteiger partial charge in [0.15, 0.2) is 0 Å². The number of rotatable bonds is 2. The largest absolute Gasteiger partial charge is 0.465 e. The molecule has 1 fully saturated rings. The van der Waals surface area contributed by atoms with E-state index in [1.807, 2.05) is 6.07 Å². The number of carboxylic acid groups (broad SMARTS) is 1. The number of nitrogen functional groups attached to an aromatic ring is 1. The van der Waals surface area contributed by atoms with Crippen molar-refractivity contribution in [2.45, 2.75) is 18.9 Å². The van der Waals surface area contributed by atoms with E-state index >= 15 is 0 Å². The third kappa shape index (κ3) is 2.77. The van der Waals surface area contributed by atoms with Gasteiger partial charge in [0.1, 0.15) is 0 Å². The summed E-state index contributed by atoms with van der Waals surface area (Å²) in [5, 5.41) is 11.2. The second kappa shape index (κ2) is 4.90. The minimum absolute atomic E-state index is 0.0335. The lowest BCUT2D eigenvalue weighted by atomic mass is 10.1. The third-order valence-electron chi connectivity index (χ3n) is 2.92. The molecule has 1 aliphatic heterocycles. The summed E-state index contributed by atoms with van der Waals surface area (Å²) in [7, 11) is 0. The SMILES string of the molecule is Nc1cnccc1N1CCC[C@@H](NC(=O)O)C1. The molecule has 2 heterocycles. The van der Waals surface area contributed by atoms with E-state index in [0.29, 0.717) is 12.2 Å². The Labute approximate surface area is 99.4 Å². The molecule has 0 radical (unpaired) electrons. The third-order valence-corrected chi connectivity index (χ3v) is 2.92. The summed E-state index contributed by atoms with van der Waals surface area (Å²) in [6.45, 7) is 1.55. The van der Waals surface area contributed by atoms with E-state index in [2.05, 4.69) is 15.2 Å². The van der Waals surface area contributed by atoms with Crippen LogP contribution < -0.4 is 16.0 Å². The molecule has 1 aromatic heterocycles. The second-order valence-electron chi connectivity index (χ2n) is 4.17. The van der Waals surface area contributed by atoms with Gasteiger partial charge in [-0.05, 0) is 18.9 Å². The average Bonchev–Trinajstić information content (AvgIpc) is 2.29. The Kier molecular flexibility index (Phi) is 3.32. The standard InChI is InChI=1S/C11H16N4O2/c12-9-6-13-4-3-10(9)15-5-1-2-8(7-15)14-11(16)17/h3-4,6,8,14H,1-2,5,7,12H2,(H,16,17)/t8-/m1/s1. The highest BCUT2D eigenvalue weighted by Gasteiger charge is 2.22. The number of piperidine rings is 1. The number of carbonyl (C=O) groups is 1. The second-order valence-corrected chi connectivity index (χ2v) is 4.17. The molecule has 6 nitrogen and oxygen atoms in total. The van der Waals surface area contributed by atoms with Gasteiger partial charge in [0.2, 0.25) is 0 Å². The van der Waals surface area contributed by atoms with Crippen LogP contribution in [-0.2, 0) is 0 Å². The number of nitrogens with two attached hydrogens (primary N) is 1. The maximum absolute atomic E-state index is 10.6. The topological polar surface area (TPSA) is 91.5 Å². The molecule has 2 rings (SSSR count). The fourth-order valence-electron chi connectivity index (χ4n) is 2.18. The van der Waals surface area contributed by atoms with E-state index in [1.54, 1.807) is 12.4 Å². The Balaban J connectivity index is 2.07. The summed E-state index contributed by atoms with van der Waals surface area (Å²) in [6.07, 6.45) is 4.16. The van der Waals surface area contributed by atoms with E-state index in [9.17, 15) is 4.79 Å². The number of pyridine rings is 1. The van der Waals surface area contributed by atoms with Crippen LogP contribution in [0.1, 0.15) is 12.8 Å². The van der Waals surface area contributed by atoms with Crippen LogP contribution in [0.2, 0.25) is 0 Å². The fraction of sp³-hybridized carbons (Fsp3) is 0.455. The highest BCUT2D eigenvalue weighted by atomic mass is 16.4. The minimum Gasteiger partial charge on any atom is -0.465 e. The predicted molar refractivity (Wildman–Crippen MR) is 65.0 cm³/mol. The first-order valence-corrected chi connectivity index (χ1v) is 5.60. The first kappa shape index (κ1) is 11.5. The van der Waals surface area contributed by atoms with Crippen molar-refractivity contribution in [1.82, 2.24) is 10.3 Å². The van der Waals surface area contributed by atoms with Crippen LogP contribution >= 0.6 is 0 Å². The Morgan fingerprint density at radius 2 is 2.47 bits per heavy atom. The molecule has 17 heavy (non-hydrogen) atoms. The lowest BCUT2D eigenvalue weighted by Gasteiger charge is -2.34. The Bertz CT molecular complexity index is 410. The van der Waals surface area contributed by atoms with E-state index in [1.165, 1.54) is 0 Å². The molecule has 6 heteroatoms. The van der Waals surface area contributed by atoms with Crippen molar-refractivity contribution in [1.29, 1.82) is 0 Å². The summed E-state index contributed by atoms with van der Waals surface area (Å²) in [4.78, 5) is 16.7. The van der Waals surface area contributed by atoms with Gasteiger partial charge in [-0.2, -0.15) is 0 Å². The molecular weight excluding hydrogens is 220 g/mol. The highest BCUT2D eigenvalue weighted by Crippen LogP contribution is 2.24. The van der Waals surface area contributed by atoms with Crippen molar-refractivity contribution >= 4 is 17.5 Å². The van der Waals surface area contributed by atoms with Crippen LogP contribution in [0.3, 0.4) is 0 Å². The Morgan fingerprint density at radius 1 is 1.65 bits per heavy atom. The smallest absolute Gasteiger partial charge is 0.404 e. The van der Waals surface area contributed by atoms with E-state index < -0.39 is 6.09 Å². The number of aromatic nitrogens is 1. The van der Waals surface area contributed by atoms with Gasteiger partial charge in [-0.15, -0.1) is 0 Å². The first-order valence-electron chi connectivity index (χ1n) is 5.60. The number of hydrogen-bond acceptors (Lipinski definition) is 4. The van der Waals surface area contributed by atoms with Crippen molar-refractivity contribution in [2.75, 3.05) is 23.7 Å². The van der Waals surface area contributed by atoms with E-state index in [-0.39, 0.29) is 6.04 Å². The summed E-state index contributed by atoms with van der Waals surface area (Å²) >= 11 is 0. The van der Waals surface area contributed by atoms with Crippen LogP contribution in [0.4, 0.5) is 16.2 Å². The molecule has 4 N–H and O–H groups in total. The monoisotopic (exact) mass is 236 g/mol. The lowest BCUT2D eigenvalue weighted by Crippen LogP contribution is -2.47. The fourth-order valence-corrected chi connectivity index (χ4v) is 2.18. The maximum Gasteiger partial charge on any atom is 0.404 e. The van der Waals surface area contributed by atoms with Gasteiger partial charge in [0.05, 0.1) is 17.6 Å². The van der Waals surface area contributed by atoms with Gasteiger partial charge >= 0.3 is 6.09 Å². The zero-order chi connectivity index (χ0) is 12.3. The molecular formula is C11H16N4O2. The summed E-state index contributed by atoms with van der Waals surface area (Å²) in [5.74, 6) is 0. The van der Waals surface area contributed by atoms with Crippen LogP contribution in [0.25, 0.3) is 0 Å². The van der Waals surface area contributed by atoms with Gasteiger partial charge in [0.25, 0.3) is 0 Å². The first-order chi connectivity index (χ1) is 8.16. The Morgan fingerprint density at radius 3 is 3.18 bits per heavy atom. The van der Waals surface area contributed by atoms with Crippen molar-refractivity contribution in [3.8, 4) is 0 Å². The van der Waals surface area contributed by atoms with Crippen molar-refractivity contribution in [2.24, 2.45) is 0 Å². The van der Waals surface area contributed by atoms with Crippen LogP contribution in [-0.4, -0.2) is 35.3 Å². The molecule has 1 atom stereocenters. The van der Waals surface area contributed by atoms with Crippen molar-refractivity contribution in [3.05, 3.63) is 18.5 Å². The lowest BCUT2D eigenvalue weighted by molar-refractivity contribution is 0.188. The van der Waals surface area contributed by atoms with Crippen molar-refractivity contribution < 1.29 is 9.90 Å². The predicted octanol–water partition coefficient (Wildman–Crippen LogP) is 0.900. The molecule has 92 valence electrons. The van der Waals surface area contributed by atoms with Gasteiger partial charge in [-0.25, -0.2) is 4.79 Å². The minimum atomic E-state index is -0.973. The summed E-state index contributed by atoms with van der Waals surface area (Å²) < 4.78 is 0. The summed E-state index contributed by atoms with van der Waals surface area (Å²) in [6, 6.07) is 1.83. The average molecular weight is 236 g/mol. The Hall–Kier alpha value is -1.98. The maximum atomic E-state index is 10.6. The van der Waals surface area contributed by atoms with Gasteiger partial charge < -0.3 is 21.1 Å². The van der Waals surface area contributed by atoms with Gasteiger partial charge in [0, 0.05) is 25.3 Å².